The van der Waals surface area contributed by atoms with Crippen LogP contribution in [0.2, 0.25) is 25.2 Å². The van der Waals surface area contributed by atoms with Crippen LogP contribution in [-0.2, 0) is 0 Å². The molecule has 0 aromatic heterocycles. The molecule has 0 radical (unpaired) electrons. The van der Waals surface area contributed by atoms with Crippen LogP contribution >= 0.6 is 0 Å². The molecule has 0 saturated carbocycles. The molecule has 0 aliphatic rings. The third kappa shape index (κ3) is 3.22. The maximum Gasteiger partial charge on any atom is 0.257 e. The van der Waals surface area contributed by atoms with Gasteiger partial charge in [-0.3, -0.25) is 0 Å². The van der Waals surface area contributed by atoms with Gasteiger partial charge in [0.05, 0.1) is 8.07 Å². The molecule has 0 aromatic carbocycles. The van der Waals surface area contributed by atoms with E-state index in [0.717, 1.165) is 0 Å². The lowest BCUT2D eigenvalue weighted by Gasteiger charge is -2.16. The van der Waals surface area contributed by atoms with Crippen molar-refractivity contribution in [2.75, 3.05) is 0 Å². The van der Waals surface area contributed by atoms with Gasteiger partial charge in [-0.2, -0.15) is 4.79 Å². The van der Waals surface area contributed by atoms with Crippen LogP contribution in [-0.4, -0.2) is 19.1 Å². The van der Waals surface area contributed by atoms with Crippen LogP contribution in [0.5, 0.6) is 0 Å². The summed E-state index contributed by atoms with van der Waals surface area (Å²) in [4.78, 5) is 3.01. The molecular formula is C6H14N2Si. The van der Waals surface area contributed by atoms with E-state index < -0.39 is 8.07 Å². The van der Waals surface area contributed by atoms with Gasteiger partial charge in [-0.05, 0) is 0 Å². The Kier molecular flexibility index (Phi) is 2.81. The molecule has 0 rings (SSSR count). The van der Waals surface area contributed by atoms with Crippen molar-refractivity contribution >= 4 is 14.3 Å². The summed E-state index contributed by atoms with van der Waals surface area (Å²) in [6.45, 7) is 8.84. The number of hydrogen-bond acceptors (Lipinski definition) is 0. The molecule has 0 saturated heterocycles. The first-order valence-electron chi connectivity index (χ1n) is 3.16. The molecule has 9 heavy (non-hydrogen) atoms. The first-order chi connectivity index (χ1) is 3.98. The van der Waals surface area contributed by atoms with E-state index in [1.54, 1.807) is 6.21 Å². The highest BCUT2D eigenvalue weighted by molar-refractivity contribution is 6.79. The van der Waals surface area contributed by atoms with E-state index in [-0.39, 0.29) is 0 Å². The zero-order valence-corrected chi connectivity index (χ0v) is 7.55. The third-order valence-corrected chi connectivity index (χ3v) is 4.54. The molecule has 0 spiro atoms. The summed E-state index contributed by atoms with van der Waals surface area (Å²) < 4.78 is 0. The lowest BCUT2D eigenvalue weighted by atomic mass is 10.5. The summed E-state index contributed by atoms with van der Waals surface area (Å²) in [6.07, 6.45) is 1.62. The zero-order chi connectivity index (χ0) is 7.49. The Bertz CT molecular complexity index is 130. The molecular weight excluding hydrogens is 128 g/mol. The number of nitrogens with zero attached hydrogens (tertiary/aromatic N) is 2. The van der Waals surface area contributed by atoms with Gasteiger partial charge in [0.25, 0.3) is 6.21 Å². The molecule has 0 heterocycles. The van der Waals surface area contributed by atoms with E-state index in [1.807, 2.05) is 0 Å². The average Bonchev–Trinajstić information content (AvgIpc) is 1.64. The van der Waals surface area contributed by atoms with Crippen molar-refractivity contribution < 1.29 is 4.79 Å². The first kappa shape index (κ1) is 8.60. The fraction of sp³-hybridized carbons (Fsp3) is 0.833. The Hall–Kier alpha value is -0.403. The summed E-state index contributed by atoms with van der Waals surface area (Å²) in [5, 5.41) is 0. The standard InChI is InChI=1S/C6H14N2Si/c1-6(5-8-7)9(2,3)4/h5-6H,1-4H3. The Labute approximate surface area is 57.5 Å². The van der Waals surface area contributed by atoms with Gasteiger partial charge in [0.1, 0.15) is 0 Å². The monoisotopic (exact) mass is 142 g/mol. The van der Waals surface area contributed by atoms with E-state index in [1.165, 1.54) is 0 Å². The molecule has 0 aliphatic carbocycles. The Morgan fingerprint density at radius 3 is 2.00 bits per heavy atom. The highest BCUT2D eigenvalue weighted by Crippen LogP contribution is 2.16. The van der Waals surface area contributed by atoms with Crippen molar-refractivity contribution in [3.8, 4) is 0 Å². The molecule has 1 atom stereocenters. The molecule has 0 aromatic rings. The van der Waals surface area contributed by atoms with Crippen LogP contribution < -0.4 is 0 Å². The smallest absolute Gasteiger partial charge is 0.257 e. The van der Waals surface area contributed by atoms with Crippen LogP contribution in [0, 0.1) is 0 Å². The first-order valence-corrected chi connectivity index (χ1v) is 6.73. The van der Waals surface area contributed by atoms with E-state index in [2.05, 4.69) is 31.4 Å². The second kappa shape index (κ2) is 2.94. The molecule has 52 valence electrons. The van der Waals surface area contributed by atoms with Gasteiger partial charge < -0.3 is 5.53 Å². The maximum atomic E-state index is 8.19. The summed E-state index contributed by atoms with van der Waals surface area (Å²) in [5.41, 5.74) is 8.65. The van der Waals surface area contributed by atoms with Gasteiger partial charge >= 0.3 is 0 Å². The van der Waals surface area contributed by atoms with Gasteiger partial charge in [-0.25, -0.2) is 0 Å². The Morgan fingerprint density at radius 2 is 1.89 bits per heavy atom. The predicted molar refractivity (Wildman–Crippen MR) is 42.5 cm³/mol. The van der Waals surface area contributed by atoms with Gasteiger partial charge in [0.15, 0.2) is 0 Å². The van der Waals surface area contributed by atoms with Gasteiger partial charge in [0, 0.05) is 5.54 Å². The Morgan fingerprint density at radius 1 is 1.44 bits per heavy atom. The zero-order valence-electron chi connectivity index (χ0n) is 6.55. The Balaban J connectivity index is 4.03. The van der Waals surface area contributed by atoms with E-state index in [0.29, 0.717) is 5.54 Å². The summed E-state index contributed by atoms with van der Waals surface area (Å²) in [7, 11) is -1.09. The summed E-state index contributed by atoms with van der Waals surface area (Å²) in [6, 6.07) is 0. The van der Waals surface area contributed by atoms with Crippen molar-refractivity contribution in [1.29, 1.82) is 0 Å². The van der Waals surface area contributed by atoms with Gasteiger partial charge in [-0.1, -0.05) is 26.6 Å². The molecule has 0 N–H and O–H groups in total. The van der Waals surface area contributed by atoms with E-state index in [4.69, 9.17) is 5.53 Å². The topological polar surface area (TPSA) is 36.4 Å². The minimum atomic E-state index is -1.09. The van der Waals surface area contributed by atoms with Crippen molar-refractivity contribution in [2.45, 2.75) is 32.1 Å². The van der Waals surface area contributed by atoms with Gasteiger partial charge in [0.2, 0.25) is 0 Å². The van der Waals surface area contributed by atoms with Crippen LogP contribution in [0.3, 0.4) is 0 Å². The highest BCUT2D eigenvalue weighted by Gasteiger charge is 2.23. The second-order valence-corrected chi connectivity index (χ2v) is 9.06. The van der Waals surface area contributed by atoms with Crippen LogP contribution in [0.1, 0.15) is 6.92 Å². The normalized spacial score (nSPS) is 14.2. The lowest BCUT2D eigenvalue weighted by Crippen LogP contribution is -2.27. The SMILES string of the molecule is CC(C=[N+]=[N-])[Si](C)(C)C. The fourth-order valence-electron chi connectivity index (χ4n) is 0.324. The number of hydrogen-bond donors (Lipinski definition) is 0. The van der Waals surface area contributed by atoms with Crippen molar-refractivity contribution in [3.05, 3.63) is 5.53 Å². The molecule has 0 bridgehead atoms. The minimum absolute atomic E-state index is 0.461. The van der Waals surface area contributed by atoms with Crippen LogP contribution in [0.25, 0.3) is 5.53 Å². The largest absolute Gasteiger partial charge is 0.362 e. The molecule has 2 nitrogen and oxygen atoms in total. The molecule has 0 amide bonds. The fourth-order valence-corrected chi connectivity index (χ4v) is 0.837. The molecule has 0 fully saturated rings. The summed E-state index contributed by atoms with van der Waals surface area (Å²) >= 11 is 0. The van der Waals surface area contributed by atoms with Gasteiger partial charge in [-0.15, -0.1) is 0 Å². The highest BCUT2D eigenvalue weighted by atomic mass is 28.3. The number of rotatable bonds is 2. The lowest BCUT2D eigenvalue weighted by molar-refractivity contribution is 0.00113. The molecule has 0 aliphatic heterocycles. The van der Waals surface area contributed by atoms with Crippen LogP contribution in [0.4, 0.5) is 0 Å². The maximum absolute atomic E-state index is 8.19. The summed E-state index contributed by atoms with van der Waals surface area (Å²) in [5.74, 6) is 0. The van der Waals surface area contributed by atoms with Crippen molar-refractivity contribution in [1.82, 2.24) is 0 Å². The average molecular weight is 142 g/mol. The van der Waals surface area contributed by atoms with E-state index >= 15 is 0 Å². The second-order valence-electron chi connectivity index (χ2n) is 3.42. The molecule has 3 heteroatoms. The predicted octanol–water partition coefficient (Wildman–Crippen LogP) is 2.02. The quantitative estimate of drug-likeness (QED) is 0.245. The molecule has 1 unspecified atom stereocenters. The van der Waals surface area contributed by atoms with E-state index in [9.17, 15) is 0 Å². The van der Waals surface area contributed by atoms with Crippen molar-refractivity contribution in [3.63, 3.8) is 0 Å². The van der Waals surface area contributed by atoms with Crippen molar-refractivity contribution in [2.24, 2.45) is 0 Å². The minimum Gasteiger partial charge on any atom is -0.362 e. The van der Waals surface area contributed by atoms with Crippen LogP contribution in [0.15, 0.2) is 0 Å². The third-order valence-electron chi connectivity index (χ3n) is 1.66.